The van der Waals surface area contributed by atoms with Gasteiger partial charge in [-0.15, -0.1) is 0 Å². The Labute approximate surface area is 218 Å². The highest BCUT2D eigenvalue weighted by molar-refractivity contribution is 6.04. The molecule has 190 valence electrons. The number of aromatic nitrogens is 2. The number of rotatable bonds is 7. The molecule has 1 aliphatic rings. The molecule has 0 radical (unpaired) electrons. The maximum Gasteiger partial charge on any atom is 0.251 e. The van der Waals surface area contributed by atoms with Gasteiger partial charge in [0.2, 0.25) is 5.91 Å². The Morgan fingerprint density at radius 2 is 1.92 bits per heavy atom. The molecule has 4 rings (SSSR count). The fraction of sp³-hybridized carbons (Fsp3) is 0.345. The van der Waals surface area contributed by atoms with Crippen LogP contribution in [0.1, 0.15) is 56.5 Å². The zero-order valence-corrected chi connectivity index (χ0v) is 21.5. The van der Waals surface area contributed by atoms with Crippen LogP contribution in [0.5, 0.6) is 0 Å². The maximum absolute atomic E-state index is 14.1. The number of nitrogens with zero attached hydrogens (tertiary/aromatic N) is 5. The van der Waals surface area contributed by atoms with Gasteiger partial charge in [-0.05, 0) is 54.2 Å². The highest BCUT2D eigenvalue weighted by atomic mass is 16.2. The van der Waals surface area contributed by atoms with Crippen molar-refractivity contribution < 1.29 is 9.59 Å². The van der Waals surface area contributed by atoms with E-state index in [0.29, 0.717) is 29.9 Å². The molecule has 8 heteroatoms. The van der Waals surface area contributed by atoms with Crippen LogP contribution in [0.2, 0.25) is 0 Å². The molecular weight excluding hydrogens is 464 g/mol. The molecule has 3 aromatic rings. The number of carbonyl (C=O) groups is 2. The normalized spacial score (nSPS) is 16.1. The van der Waals surface area contributed by atoms with Gasteiger partial charge >= 0.3 is 0 Å². The van der Waals surface area contributed by atoms with Gasteiger partial charge in [-0.2, -0.15) is 5.26 Å². The summed E-state index contributed by atoms with van der Waals surface area (Å²) in [7, 11) is 0. The van der Waals surface area contributed by atoms with Crippen LogP contribution in [0.25, 0.3) is 0 Å². The summed E-state index contributed by atoms with van der Waals surface area (Å²) in [5.74, 6) is -0.641. The van der Waals surface area contributed by atoms with E-state index in [1.165, 1.54) is 9.80 Å². The molecule has 2 amide bonds. The second-order valence-electron chi connectivity index (χ2n) is 10.2. The number of anilines is 1. The summed E-state index contributed by atoms with van der Waals surface area (Å²) < 4.78 is 0. The van der Waals surface area contributed by atoms with E-state index in [1.807, 2.05) is 42.5 Å². The standard InChI is InChI=1S/C29H32N6O2/c1-29(2,3)22-11-13-24(14-12-22)35(28(37)25-10-7-17-34(25)20-30)26(21-8-6-15-31-18-21)27(36)33-19-23-9-4-5-16-32-23/h4-6,8-9,11-16,18,25-26H,7,10,17,19H2,1-3H3,(H,33,36). The number of carbonyl (C=O) groups excluding carboxylic acids is 2. The third-order valence-electron chi connectivity index (χ3n) is 6.59. The van der Waals surface area contributed by atoms with E-state index in [2.05, 4.69) is 42.2 Å². The Bertz CT molecular complexity index is 1250. The van der Waals surface area contributed by atoms with Gasteiger partial charge in [-0.1, -0.05) is 45.0 Å². The predicted octanol–water partition coefficient (Wildman–Crippen LogP) is 4.11. The number of benzene rings is 1. The smallest absolute Gasteiger partial charge is 0.251 e. The summed E-state index contributed by atoms with van der Waals surface area (Å²) in [5, 5.41) is 12.6. The van der Waals surface area contributed by atoms with Crippen molar-refractivity contribution in [2.24, 2.45) is 0 Å². The van der Waals surface area contributed by atoms with Crippen LogP contribution in [0.3, 0.4) is 0 Å². The lowest BCUT2D eigenvalue weighted by Gasteiger charge is -2.34. The number of pyridine rings is 2. The van der Waals surface area contributed by atoms with Gasteiger partial charge in [-0.25, -0.2) is 0 Å². The fourth-order valence-corrected chi connectivity index (χ4v) is 4.56. The topological polar surface area (TPSA) is 102 Å². The highest BCUT2D eigenvalue weighted by Gasteiger charge is 2.40. The average Bonchev–Trinajstić information content (AvgIpc) is 3.40. The third-order valence-corrected chi connectivity index (χ3v) is 6.59. The Hall–Kier alpha value is -4.25. The summed E-state index contributed by atoms with van der Waals surface area (Å²) in [6.07, 6.45) is 8.35. The van der Waals surface area contributed by atoms with E-state index >= 15 is 0 Å². The van der Waals surface area contributed by atoms with Crippen molar-refractivity contribution in [1.29, 1.82) is 5.26 Å². The van der Waals surface area contributed by atoms with Crippen LogP contribution in [0.4, 0.5) is 5.69 Å². The third kappa shape index (κ3) is 5.95. The molecule has 1 fully saturated rings. The molecule has 0 bridgehead atoms. The van der Waals surface area contributed by atoms with Crippen LogP contribution >= 0.6 is 0 Å². The molecule has 1 aromatic carbocycles. The first-order valence-corrected chi connectivity index (χ1v) is 12.5. The average molecular weight is 497 g/mol. The quantitative estimate of drug-likeness (QED) is 0.494. The van der Waals surface area contributed by atoms with Crippen molar-refractivity contribution in [3.63, 3.8) is 0 Å². The van der Waals surface area contributed by atoms with Crippen LogP contribution in [-0.4, -0.2) is 39.3 Å². The number of nitriles is 1. The Balaban J connectivity index is 1.76. The molecule has 0 aliphatic carbocycles. The lowest BCUT2D eigenvalue weighted by molar-refractivity contribution is -0.128. The molecule has 1 N–H and O–H groups in total. The van der Waals surface area contributed by atoms with E-state index < -0.39 is 12.1 Å². The number of likely N-dealkylation sites (tertiary alicyclic amines) is 1. The van der Waals surface area contributed by atoms with Crippen molar-refractivity contribution in [1.82, 2.24) is 20.2 Å². The second kappa shape index (κ2) is 11.2. The zero-order chi connectivity index (χ0) is 26.4. The number of amides is 2. The molecule has 1 aliphatic heterocycles. The first-order valence-electron chi connectivity index (χ1n) is 12.5. The second-order valence-corrected chi connectivity index (χ2v) is 10.2. The predicted molar refractivity (Wildman–Crippen MR) is 141 cm³/mol. The van der Waals surface area contributed by atoms with Gasteiger partial charge in [-0.3, -0.25) is 29.4 Å². The van der Waals surface area contributed by atoms with Gasteiger partial charge < -0.3 is 5.32 Å². The minimum Gasteiger partial charge on any atom is -0.348 e. The summed E-state index contributed by atoms with van der Waals surface area (Å²) in [6, 6.07) is 15.1. The van der Waals surface area contributed by atoms with Crippen LogP contribution < -0.4 is 10.2 Å². The summed E-state index contributed by atoms with van der Waals surface area (Å²) in [5.41, 5.74) is 2.92. The molecule has 37 heavy (non-hydrogen) atoms. The SMILES string of the molecule is CC(C)(C)c1ccc(N(C(=O)C2CCCN2C#N)C(C(=O)NCc2ccccn2)c2cccnc2)cc1. The van der Waals surface area contributed by atoms with E-state index in [-0.39, 0.29) is 23.8 Å². The summed E-state index contributed by atoms with van der Waals surface area (Å²) in [6.45, 7) is 7.11. The van der Waals surface area contributed by atoms with E-state index in [1.54, 1.807) is 30.7 Å². The minimum absolute atomic E-state index is 0.0702. The van der Waals surface area contributed by atoms with Gasteiger partial charge in [0, 0.05) is 36.4 Å². The monoisotopic (exact) mass is 496 g/mol. The molecular formula is C29H32N6O2. The van der Waals surface area contributed by atoms with Crippen LogP contribution in [-0.2, 0) is 21.5 Å². The largest absolute Gasteiger partial charge is 0.348 e. The van der Waals surface area contributed by atoms with Gasteiger partial charge in [0.15, 0.2) is 6.19 Å². The first kappa shape index (κ1) is 25.8. The van der Waals surface area contributed by atoms with Crippen LogP contribution in [0.15, 0.2) is 73.2 Å². The molecule has 0 saturated carbocycles. The molecule has 2 unspecified atom stereocenters. The lowest BCUT2D eigenvalue weighted by Crippen LogP contribution is -2.50. The van der Waals surface area contributed by atoms with Crippen molar-refractivity contribution in [2.75, 3.05) is 11.4 Å². The van der Waals surface area contributed by atoms with E-state index in [0.717, 1.165) is 12.0 Å². The fourth-order valence-electron chi connectivity index (χ4n) is 4.56. The number of nitrogens with one attached hydrogen (secondary N) is 1. The first-order chi connectivity index (χ1) is 17.8. The lowest BCUT2D eigenvalue weighted by atomic mass is 9.87. The molecule has 1 saturated heterocycles. The Kier molecular flexibility index (Phi) is 7.83. The van der Waals surface area contributed by atoms with E-state index in [9.17, 15) is 14.9 Å². The van der Waals surface area contributed by atoms with Crippen LogP contribution in [0, 0.1) is 11.5 Å². The van der Waals surface area contributed by atoms with E-state index in [4.69, 9.17) is 0 Å². The summed E-state index contributed by atoms with van der Waals surface area (Å²) >= 11 is 0. The molecule has 2 atom stereocenters. The molecule has 8 nitrogen and oxygen atoms in total. The molecule has 0 spiro atoms. The Morgan fingerprint density at radius 1 is 1.14 bits per heavy atom. The van der Waals surface area contributed by atoms with Crippen molar-refractivity contribution >= 4 is 17.5 Å². The minimum atomic E-state index is -0.980. The van der Waals surface area contributed by atoms with Crippen molar-refractivity contribution in [3.8, 4) is 6.19 Å². The number of hydrogen-bond acceptors (Lipinski definition) is 6. The number of hydrogen-bond donors (Lipinski definition) is 1. The summed E-state index contributed by atoms with van der Waals surface area (Å²) in [4.78, 5) is 39.4. The highest BCUT2D eigenvalue weighted by Crippen LogP contribution is 2.33. The maximum atomic E-state index is 14.1. The van der Waals surface area contributed by atoms with Gasteiger partial charge in [0.1, 0.15) is 12.1 Å². The van der Waals surface area contributed by atoms with Crippen molar-refractivity contribution in [3.05, 3.63) is 90.0 Å². The Morgan fingerprint density at radius 3 is 2.54 bits per heavy atom. The molecule has 3 heterocycles. The van der Waals surface area contributed by atoms with Crippen molar-refractivity contribution in [2.45, 2.75) is 57.7 Å². The van der Waals surface area contributed by atoms with Gasteiger partial charge in [0.25, 0.3) is 5.91 Å². The molecule has 2 aromatic heterocycles. The zero-order valence-electron chi connectivity index (χ0n) is 21.5. The van der Waals surface area contributed by atoms with Gasteiger partial charge in [0.05, 0.1) is 12.2 Å².